The summed E-state index contributed by atoms with van der Waals surface area (Å²) < 4.78 is 0. The second-order valence-corrected chi connectivity index (χ2v) is 5.29. The number of rotatable bonds is 5. The summed E-state index contributed by atoms with van der Waals surface area (Å²) >= 11 is 0. The summed E-state index contributed by atoms with van der Waals surface area (Å²) in [6.45, 7) is 4.71. The average molecular weight is 181 g/mol. The molecule has 1 atom stereocenters. The smallest absolute Gasteiger partial charge is 0.0156 e. The zero-order chi connectivity index (χ0) is 9.31. The van der Waals surface area contributed by atoms with Crippen molar-refractivity contribution in [3.63, 3.8) is 0 Å². The Kier molecular flexibility index (Phi) is 2.64. The first-order valence-electron chi connectivity index (χ1n) is 6.01. The highest BCUT2D eigenvalue weighted by atomic mass is 15.0. The summed E-state index contributed by atoms with van der Waals surface area (Å²) in [7, 11) is 0. The van der Waals surface area contributed by atoms with Crippen LogP contribution in [0.25, 0.3) is 0 Å². The molecule has 0 bridgehead atoms. The lowest BCUT2D eigenvalue weighted by molar-refractivity contribution is 0.172. The fourth-order valence-corrected chi connectivity index (χ4v) is 2.53. The molecule has 76 valence electrons. The van der Waals surface area contributed by atoms with Gasteiger partial charge in [0, 0.05) is 11.6 Å². The van der Waals surface area contributed by atoms with Crippen LogP contribution < -0.4 is 5.32 Å². The Hall–Kier alpha value is -0.0400. The lowest BCUT2D eigenvalue weighted by Crippen LogP contribution is -2.53. The first-order valence-corrected chi connectivity index (χ1v) is 6.01. The van der Waals surface area contributed by atoms with Gasteiger partial charge in [-0.2, -0.15) is 0 Å². The highest BCUT2D eigenvalue weighted by molar-refractivity contribution is 4.97. The summed E-state index contributed by atoms with van der Waals surface area (Å²) in [5, 5.41) is 3.89. The van der Waals surface area contributed by atoms with Gasteiger partial charge in [0.2, 0.25) is 0 Å². The zero-order valence-electron chi connectivity index (χ0n) is 9.10. The van der Waals surface area contributed by atoms with E-state index in [0.717, 1.165) is 12.0 Å². The second kappa shape index (κ2) is 3.61. The molecule has 13 heavy (non-hydrogen) atoms. The van der Waals surface area contributed by atoms with Gasteiger partial charge in [0.1, 0.15) is 0 Å². The SMILES string of the molecule is CCCC(NC1(C)CCC1)C1CC1. The molecule has 1 nitrogen and oxygen atoms in total. The zero-order valence-corrected chi connectivity index (χ0v) is 9.10. The molecule has 1 N–H and O–H groups in total. The number of hydrogen-bond donors (Lipinski definition) is 1. The molecule has 1 heteroatoms. The third-order valence-electron chi connectivity index (χ3n) is 3.78. The Morgan fingerprint density at radius 1 is 1.38 bits per heavy atom. The van der Waals surface area contributed by atoms with Crippen molar-refractivity contribution in [1.82, 2.24) is 5.32 Å². The summed E-state index contributed by atoms with van der Waals surface area (Å²) in [6, 6.07) is 0.843. The Labute approximate surface area is 82.3 Å². The van der Waals surface area contributed by atoms with Crippen molar-refractivity contribution >= 4 is 0 Å². The van der Waals surface area contributed by atoms with Gasteiger partial charge in [0.25, 0.3) is 0 Å². The van der Waals surface area contributed by atoms with Crippen molar-refractivity contribution in [3.8, 4) is 0 Å². The van der Waals surface area contributed by atoms with Crippen molar-refractivity contribution in [2.45, 2.75) is 70.4 Å². The van der Waals surface area contributed by atoms with Crippen molar-refractivity contribution in [2.24, 2.45) is 5.92 Å². The molecule has 0 saturated heterocycles. The number of nitrogens with one attached hydrogen (secondary N) is 1. The van der Waals surface area contributed by atoms with Crippen LogP contribution in [0.3, 0.4) is 0 Å². The summed E-state index contributed by atoms with van der Waals surface area (Å²) in [4.78, 5) is 0. The van der Waals surface area contributed by atoms with Gasteiger partial charge in [-0.25, -0.2) is 0 Å². The van der Waals surface area contributed by atoms with Crippen LogP contribution in [0.5, 0.6) is 0 Å². The maximum Gasteiger partial charge on any atom is 0.0156 e. The van der Waals surface area contributed by atoms with Gasteiger partial charge in [-0.15, -0.1) is 0 Å². The lowest BCUT2D eigenvalue weighted by atomic mass is 9.77. The molecular weight excluding hydrogens is 158 g/mol. The molecule has 2 fully saturated rings. The molecule has 0 heterocycles. The van der Waals surface area contributed by atoms with E-state index in [1.807, 2.05) is 0 Å². The maximum absolute atomic E-state index is 3.89. The fraction of sp³-hybridized carbons (Fsp3) is 1.00. The van der Waals surface area contributed by atoms with Gasteiger partial charge in [-0.3, -0.25) is 0 Å². The molecular formula is C12H23N. The molecule has 2 saturated carbocycles. The Balaban J connectivity index is 1.81. The van der Waals surface area contributed by atoms with E-state index >= 15 is 0 Å². The van der Waals surface area contributed by atoms with Crippen LogP contribution in [0.4, 0.5) is 0 Å². The monoisotopic (exact) mass is 181 g/mol. The topological polar surface area (TPSA) is 12.0 Å². The normalized spacial score (nSPS) is 28.2. The minimum Gasteiger partial charge on any atom is -0.308 e. The molecule has 0 aliphatic heterocycles. The predicted molar refractivity (Wildman–Crippen MR) is 56.8 cm³/mol. The molecule has 0 aromatic carbocycles. The molecule has 0 amide bonds. The van der Waals surface area contributed by atoms with Crippen LogP contribution in [0, 0.1) is 5.92 Å². The van der Waals surface area contributed by atoms with E-state index in [4.69, 9.17) is 0 Å². The Morgan fingerprint density at radius 3 is 2.46 bits per heavy atom. The van der Waals surface area contributed by atoms with E-state index in [2.05, 4.69) is 19.2 Å². The maximum atomic E-state index is 3.89. The van der Waals surface area contributed by atoms with Crippen molar-refractivity contribution in [2.75, 3.05) is 0 Å². The molecule has 2 aliphatic carbocycles. The third-order valence-corrected chi connectivity index (χ3v) is 3.78. The van der Waals surface area contributed by atoms with Gasteiger partial charge < -0.3 is 5.32 Å². The van der Waals surface area contributed by atoms with Crippen LogP contribution in [0.2, 0.25) is 0 Å². The first-order chi connectivity index (χ1) is 6.23. The van der Waals surface area contributed by atoms with Crippen LogP contribution >= 0.6 is 0 Å². The summed E-state index contributed by atoms with van der Waals surface area (Å²) in [5.41, 5.74) is 0.516. The van der Waals surface area contributed by atoms with Crippen molar-refractivity contribution in [3.05, 3.63) is 0 Å². The highest BCUT2D eigenvalue weighted by Gasteiger charge is 2.38. The largest absolute Gasteiger partial charge is 0.308 e. The molecule has 0 spiro atoms. The number of hydrogen-bond acceptors (Lipinski definition) is 1. The van der Waals surface area contributed by atoms with Crippen LogP contribution in [0.1, 0.15) is 58.8 Å². The van der Waals surface area contributed by atoms with E-state index in [1.165, 1.54) is 44.9 Å². The van der Waals surface area contributed by atoms with Crippen LogP contribution in [0.15, 0.2) is 0 Å². The van der Waals surface area contributed by atoms with Gasteiger partial charge in [-0.1, -0.05) is 13.3 Å². The lowest BCUT2D eigenvalue weighted by Gasteiger charge is -2.42. The fourth-order valence-electron chi connectivity index (χ4n) is 2.53. The van der Waals surface area contributed by atoms with E-state index in [-0.39, 0.29) is 0 Å². The Bertz CT molecular complexity index is 168. The van der Waals surface area contributed by atoms with E-state index in [9.17, 15) is 0 Å². The van der Waals surface area contributed by atoms with Crippen LogP contribution in [-0.4, -0.2) is 11.6 Å². The molecule has 2 rings (SSSR count). The van der Waals surface area contributed by atoms with Crippen LogP contribution in [-0.2, 0) is 0 Å². The summed E-state index contributed by atoms with van der Waals surface area (Å²) in [5.74, 6) is 1.03. The standard InChI is InChI=1S/C12H23N/c1-3-5-11(10-6-7-10)13-12(2)8-4-9-12/h10-11,13H,3-9H2,1-2H3. The Morgan fingerprint density at radius 2 is 2.08 bits per heavy atom. The van der Waals surface area contributed by atoms with Crippen molar-refractivity contribution < 1.29 is 0 Å². The molecule has 0 aromatic heterocycles. The van der Waals surface area contributed by atoms with Crippen molar-refractivity contribution in [1.29, 1.82) is 0 Å². The van der Waals surface area contributed by atoms with E-state index in [1.54, 1.807) is 0 Å². The van der Waals surface area contributed by atoms with Gasteiger partial charge in [0.15, 0.2) is 0 Å². The van der Waals surface area contributed by atoms with Gasteiger partial charge in [0.05, 0.1) is 0 Å². The van der Waals surface area contributed by atoms with Gasteiger partial charge >= 0.3 is 0 Å². The minimum atomic E-state index is 0.516. The van der Waals surface area contributed by atoms with E-state index < -0.39 is 0 Å². The second-order valence-electron chi connectivity index (χ2n) is 5.29. The predicted octanol–water partition coefficient (Wildman–Crippen LogP) is 3.10. The third kappa shape index (κ3) is 2.25. The quantitative estimate of drug-likeness (QED) is 0.687. The molecule has 1 unspecified atom stereocenters. The minimum absolute atomic E-state index is 0.516. The summed E-state index contributed by atoms with van der Waals surface area (Å²) in [6.07, 6.45) is 9.93. The van der Waals surface area contributed by atoms with Gasteiger partial charge in [-0.05, 0) is 51.4 Å². The molecule has 2 aliphatic rings. The molecule has 0 radical (unpaired) electrons. The highest BCUT2D eigenvalue weighted by Crippen LogP contribution is 2.38. The average Bonchev–Trinajstić information content (AvgIpc) is 2.83. The molecule has 0 aromatic rings. The van der Waals surface area contributed by atoms with E-state index in [0.29, 0.717) is 5.54 Å². The first kappa shape index (κ1) is 9.51.